The summed E-state index contributed by atoms with van der Waals surface area (Å²) in [6.45, 7) is 5.31. The van der Waals surface area contributed by atoms with Crippen molar-refractivity contribution in [3.63, 3.8) is 0 Å². The average molecular weight is 475 g/mol. The highest BCUT2D eigenvalue weighted by molar-refractivity contribution is 6.04. The summed E-state index contributed by atoms with van der Waals surface area (Å²) in [4.78, 5) is 25.0. The summed E-state index contributed by atoms with van der Waals surface area (Å²) in [7, 11) is 0. The maximum atomic E-state index is 13.8. The number of nitrogens with zero attached hydrogens (tertiary/aromatic N) is 4. The second-order valence-electron chi connectivity index (χ2n) is 7.90. The van der Waals surface area contributed by atoms with E-state index in [0.717, 1.165) is 11.6 Å². The van der Waals surface area contributed by atoms with E-state index in [0.29, 0.717) is 22.6 Å². The molecule has 2 heterocycles. The summed E-state index contributed by atoms with van der Waals surface area (Å²) in [5.41, 5.74) is 1.99. The number of hydrogen-bond acceptors (Lipinski definition) is 4. The molecule has 6 nitrogen and oxygen atoms in total. The monoisotopic (exact) mass is 475 g/mol. The minimum absolute atomic E-state index is 0.0212. The van der Waals surface area contributed by atoms with Crippen LogP contribution in [0.1, 0.15) is 44.1 Å². The lowest BCUT2D eigenvalue weighted by molar-refractivity contribution is -0.137. The van der Waals surface area contributed by atoms with Gasteiger partial charge in [0.2, 0.25) is 0 Å². The van der Waals surface area contributed by atoms with Crippen molar-refractivity contribution >= 4 is 11.6 Å². The molecule has 2 aromatic carbocycles. The number of nitrogens with one attached hydrogen (secondary N) is 1. The molecule has 0 aliphatic rings. The third-order valence-corrected chi connectivity index (χ3v) is 5.17. The first-order chi connectivity index (χ1) is 16.6. The van der Waals surface area contributed by atoms with Crippen LogP contribution in [-0.4, -0.2) is 25.4 Å². The Hall–Kier alpha value is -4.45. The predicted octanol–water partition coefficient (Wildman–Crippen LogP) is 5.26. The maximum Gasteiger partial charge on any atom is 0.418 e. The molecule has 0 saturated carbocycles. The van der Waals surface area contributed by atoms with E-state index in [1.54, 1.807) is 44.4 Å². The summed E-state index contributed by atoms with van der Waals surface area (Å²) >= 11 is 0. The van der Waals surface area contributed by atoms with Crippen LogP contribution in [0.3, 0.4) is 0 Å². The highest BCUT2D eigenvalue weighted by Crippen LogP contribution is 2.35. The number of hydrogen-bond donors (Lipinski definition) is 1. The third-order valence-electron chi connectivity index (χ3n) is 5.17. The van der Waals surface area contributed by atoms with E-state index < -0.39 is 17.6 Å². The summed E-state index contributed by atoms with van der Waals surface area (Å²) in [5, 5.41) is 2.55. The summed E-state index contributed by atoms with van der Waals surface area (Å²) < 4.78 is 42.6. The number of alkyl halides is 3. The number of rotatable bonds is 3. The maximum absolute atomic E-state index is 13.8. The van der Waals surface area contributed by atoms with E-state index in [2.05, 4.69) is 32.1 Å². The van der Waals surface area contributed by atoms with Crippen LogP contribution in [0, 0.1) is 32.6 Å². The van der Waals surface area contributed by atoms with Crippen molar-refractivity contribution in [1.82, 2.24) is 19.5 Å². The van der Waals surface area contributed by atoms with Crippen molar-refractivity contribution in [3.05, 3.63) is 101 Å². The Morgan fingerprint density at radius 2 is 1.71 bits per heavy atom. The van der Waals surface area contributed by atoms with Gasteiger partial charge in [0.15, 0.2) is 0 Å². The quantitative estimate of drug-likeness (QED) is 0.411. The Balaban J connectivity index is 1.60. The number of benzene rings is 2. The van der Waals surface area contributed by atoms with Gasteiger partial charge < -0.3 is 9.88 Å². The van der Waals surface area contributed by atoms with Gasteiger partial charge in [-0.15, -0.1) is 0 Å². The fourth-order valence-electron chi connectivity index (χ4n) is 3.32. The van der Waals surface area contributed by atoms with Crippen LogP contribution < -0.4 is 5.32 Å². The van der Waals surface area contributed by atoms with Crippen molar-refractivity contribution in [3.8, 4) is 17.5 Å². The topological polar surface area (TPSA) is 72.7 Å². The van der Waals surface area contributed by atoms with Gasteiger partial charge in [-0.1, -0.05) is 17.9 Å². The van der Waals surface area contributed by atoms with Gasteiger partial charge in [-0.2, -0.15) is 13.2 Å². The van der Waals surface area contributed by atoms with E-state index in [1.807, 2.05) is 6.92 Å². The first-order valence-corrected chi connectivity index (χ1v) is 10.5. The molecule has 0 unspecified atom stereocenters. The number of aryl methyl sites for hydroxylation is 3. The number of amides is 1. The van der Waals surface area contributed by atoms with Gasteiger partial charge >= 0.3 is 6.18 Å². The van der Waals surface area contributed by atoms with Gasteiger partial charge in [-0.05, 0) is 56.7 Å². The highest BCUT2D eigenvalue weighted by atomic mass is 19.4. The van der Waals surface area contributed by atoms with Crippen LogP contribution in [0.15, 0.2) is 61.3 Å². The smallest absolute Gasteiger partial charge is 0.322 e. The Bertz CT molecular complexity index is 1460. The lowest BCUT2D eigenvalue weighted by Crippen LogP contribution is -2.15. The molecule has 0 bridgehead atoms. The van der Waals surface area contributed by atoms with Gasteiger partial charge in [0.1, 0.15) is 5.82 Å². The predicted molar refractivity (Wildman–Crippen MR) is 125 cm³/mol. The molecule has 0 saturated heterocycles. The number of carbonyl (C=O) groups excluding carboxylic acids is 1. The molecule has 176 valence electrons. The fourth-order valence-corrected chi connectivity index (χ4v) is 3.32. The lowest BCUT2D eigenvalue weighted by Gasteiger charge is -2.15. The second kappa shape index (κ2) is 9.43. The van der Waals surface area contributed by atoms with Crippen LogP contribution in [0.5, 0.6) is 0 Å². The van der Waals surface area contributed by atoms with Crippen LogP contribution in [0.4, 0.5) is 18.9 Å². The molecule has 0 aliphatic carbocycles. The zero-order valence-electron chi connectivity index (χ0n) is 19.1. The van der Waals surface area contributed by atoms with Crippen molar-refractivity contribution in [2.45, 2.75) is 26.9 Å². The lowest BCUT2D eigenvalue weighted by atomic mass is 10.0. The van der Waals surface area contributed by atoms with E-state index in [-0.39, 0.29) is 16.9 Å². The minimum Gasteiger partial charge on any atom is -0.322 e. The van der Waals surface area contributed by atoms with E-state index >= 15 is 0 Å². The average Bonchev–Trinajstić information content (AvgIpc) is 3.25. The molecule has 1 N–H and O–H groups in total. The molecule has 4 rings (SSSR count). The third kappa shape index (κ3) is 5.55. The van der Waals surface area contributed by atoms with E-state index in [9.17, 15) is 18.0 Å². The standard InChI is InChI=1S/C26H20F3N5O/c1-16-4-6-21(10-20(16)7-5-19-12-30-18(3)31-13-19)25(35)33-22-8-9-24(23(11-22)26(27,28)29)34-14-17(2)32-15-34/h4,6,8-15H,1-3H3,(H,33,35). The van der Waals surface area contributed by atoms with Gasteiger partial charge in [0, 0.05) is 35.4 Å². The Morgan fingerprint density at radius 3 is 2.37 bits per heavy atom. The molecule has 0 atom stereocenters. The first-order valence-electron chi connectivity index (χ1n) is 10.5. The van der Waals surface area contributed by atoms with Crippen molar-refractivity contribution in [2.75, 3.05) is 5.32 Å². The highest BCUT2D eigenvalue weighted by Gasteiger charge is 2.34. The molecule has 1 amide bonds. The van der Waals surface area contributed by atoms with Crippen molar-refractivity contribution in [2.24, 2.45) is 0 Å². The summed E-state index contributed by atoms with van der Waals surface area (Å²) in [6.07, 6.45) is 1.40. The fraction of sp³-hybridized carbons (Fsp3) is 0.154. The number of aromatic nitrogens is 4. The molecule has 35 heavy (non-hydrogen) atoms. The SMILES string of the molecule is Cc1cn(-c2ccc(NC(=O)c3ccc(C)c(C#Cc4cnc(C)nc4)c3)cc2C(F)(F)F)cn1. The largest absolute Gasteiger partial charge is 0.418 e. The van der Waals surface area contributed by atoms with Gasteiger partial charge in [-0.3, -0.25) is 4.79 Å². The first kappa shape index (κ1) is 23.7. The Labute approximate surface area is 199 Å². The van der Waals surface area contributed by atoms with Crippen LogP contribution in [0.25, 0.3) is 5.69 Å². The van der Waals surface area contributed by atoms with Gasteiger partial charge in [0.25, 0.3) is 5.91 Å². The molecule has 0 radical (unpaired) electrons. The zero-order valence-corrected chi connectivity index (χ0v) is 19.1. The molecule has 2 aromatic heterocycles. The second-order valence-corrected chi connectivity index (χ2v) is 7.90. The van der Waals surface area contributed by atoms with Crippen molar-refractivity contribution in [1.29, 1.82) is 0 Å². The zero-order chi connectivity index (χ0) is 25.2. The van der Waals surface area contributed by atoms with Crippen LogP contribution in [0.2, 0.25) is 0 Å². The summed E-state index contributed by atoms with van der Waals surface area (Å²) in [6, 6.07) is 8.56. The summed E-state index contributed by atoms with van der Waals surface area (Å²) in [5.74, 6) is 6.03. The number of anilines is 1. The van der Waals surface area contributed by atoms with Crippen molar-refractivity contribution < 1.29 is 18.0 Å². The van der Waals surface area contributed by atoms with E-state index in [4.69, 9.17) is 0 Å². The van der Waals surface area contributed by atoms with E-state index in [1.165, 1.54) is 29.2 Å². The Kier molecular flexibility index (Phi) is 6.38. The number of imidazole rings is 1. The number of carbonyl (C=O) groups is 1. The van der Waals surface area contributed by atoms with Crippen LogP contribution in [-0.2, 0) is 6.18 Å². The van der Waals surface area contributed by atoms with Gasteiger partial charge in [-0.25, -0.2) is 15.0 Å². The molecule has 0 aliphatic heterocycles. The number of halogens is 3. The molecule has 0 spiro atoms. The molecule has 4 aromatic rings. The Morgan fingerprint density at radius 1 is 0.971 bits per heavy atom. The molecular formula is C26H20F3N5O. The van der Waals surface area contributed by atoms with Gasteiger partial charge in [0.05, 0.1) is 28.8 Å². The normalized spacial score (nSPS) is 11.0. The molecular weight excluding hydrogens is 455 g/mol. The van der Waals surface area contributed by atoms with Crippen LogP contribution >= 0.6 is 0 Å². The molecule has 0 fully saturated rings. The molecule has 9 heteroatoms. The minimum atomic E-state index is -4.62.